The van der Waals surface area contributed by atoms with E-state index in [4.69, 9.17) is 0 Å². The highest BCUT2D eigenvalue weighted by Gasteiger charge is 2.55. The van der Waals surface area contributed by atoms with Crippen LogP contribution < -0.4 is 5.32 Å². The van der Waals surface area contributed by atoms with Gasteiger partial charge in [0.25, 0.3) is 5.91 Å². The molecule has 1 amide bonds. The fourth-order valence-corrected chi connectivity index (χ4v) is 6.68. The van der Waals surface area contributed by atoms with Gasteiger partial charge >= 0.3 is 0 Å². The lowest BCUT2D eigenvalue weighted by atomic mass is 9.52. The molecule has 4 aliphatic rings. The summed E-state index contributed by atoms with van der Waals surface area (Å²) in [5, 5.41) is 14.1. The summed E-state index contributed by atoms with van der Waals surface area (Å²) in [7, 11) is 0. The summed E-state index contributed by atoms with van der Waals surface area (Å²) in [6.45, 7) is 2.04. The Morgan fingerprint density at radius 3 is 2.44 bits per heavy atom. The van der Waals surface area contributed by atoms with Crippen LogP contribution in [0.4, 0.5) is 4.39 Å². The zero-order chi connectivity index (χ0) is 22.5. The molecule has 2 unspecified atom stereocenters. The molecule has 0 aliphatic heterocycles. The second kappa shape index (κ2) is 8.11. The van der Waals surface area contributed by atoms with Gasteiger partial charge in [-0.1, -0.05) is 31.5 Å². The Kier molecular flexibility index (Phi) is 5.40. The number of aryl methyl sites for hydroxylation is 1. The van der Waals surface area contributed by atoms with Gasteiger partial charge in [0.2, 0.25) is 0 Å². The molecule has 4 saturated carbocycles. The third kappa shape index (κ3) is 3.88. The molecule has 5 heteroatoms. The van der Waals surface area contributed by atoms with Crippen molar-refractivity contribution in [3.8, 4) is 0 Å². The van der Waals surface area contributed by atoms with E-state index in [0.717, 1.165) is 44.1 Å². The van der Waals surface area contributed by atoms with Crippen molar-refractivity contribution >= 4 is 11.7 Å². The van der Waals surface area contributed by atoms with Crippen molar-refractivity contribution in [3.05, 3.63) is 70.5 Å². The highest BCUT2D eigenvalue weighted by atomic mass is 19.1. The zero-order valence-corrected chi connectivity index (χ0v) is 18.4. The fraction of sp³-hybridized carbons (Fsp3) is 0.481. The third-order valence-electron chi connectivity index (χ3n) is 7.76. The van der Waals surface area contributed by atoms with Crippen LogP contribution in [0.25, 0.3) is 0 Å². The Labute approximate surface area is 188 Å². The number of nitrogens with one attached hydrogen (secondary N) is 1. The fourth-order valence-electron chi connectivity index (χ4n) is 6.68. The molecule has 6 rings (SSSR count). The Morgan fingerprint density at radius 2 is 1.78 bits per heavy atom. The molecule has 4 bridgehead atoms. The number of aliphatic hydroxyl groups is 1. The van der Waals surface area contributed by atoms with Crippen LogP contribution in [0.3, 0.4) is 0 Å². The number of ketones is 1. The molecule has 0 radical (unpaired) electrons. The van der Waals surface area contributed by atoms with Gasteiger partial charge in [-0.25, -0.2) is 4.39 Å². The van der Waals surface area contributed by atoms with E-state index in [1.807, 2.05) is 6.92 Å². The minimum absolute atomic E-state index is 0.0948. The highest BCUT2D eigenvalue weighted by Crippen LogP contribution is 2.55. The van der Waals surface area contributed by atoms with Crippen molar-refractivity contribution < 1.29 is 19.1 Å². The van der Waals surface area contributed by atoms with Gasteiger partial charge in [-0.15, -0.1) is 0 Å². The second-order valence-electron chi connectivity index (χ2n) is 10.2. The molecule has 168 valence electrons. The smallest absolute Gasteiger partial charge is 0.251 e. The van der Waals surface area contributed by atoms with Crippen LogP contribution in [0, 0.1) is 23.6 Å². The van der Waals surface area contributed by atoms with Crippen molar-refractivity contribution in [1.29, 1.82) is 0 Å². The van der Waals surface area contributed by atoms with Crippen LogP contribution in [0.15, 0.2) is 42.5 Å². The number of carbonyl (C=O) groups is 2. The van der Waals surface area contributed by atoms with Gasteiger partial charge in [0.1, 0.15) is 5.82 Å². The molecule has 0 spiro atoms. The summed E-state index contributed by atoms with van der Waals surface area (Å²) >= 11 is 0. The molecule has 2 aromatic rings. The molecule has 4 nitrogen and oxygen atoms in total. The molecular formula is C27H30FNO3. The van der Waals surface area contributed by atoms with Gasteiger partial charge in [-0.3, -0.25) is 9.59 Å². The van der Waals surface area contributed by atoms with Crippen molar-refractivity contribution in [1.82, 2.24) is 5.32 Å². The normalized spacial score (nSPS) is 30.3. The first kappa shape index (κ1) is 21.3. The quantitative estimate of drug-likeness (QED) is 0.648. The SMILES string of the molecule is CCCc1cc(C(=O)c2cccc(F)c2)ccc1C(=O)N[C@H]1C2CC3CC1C[C@](O)(C3)C2. The summed E-state index contributed by atoms with van der Waals surface area (Å²) in [5.41, 5.74) is 1.69. The van der Waals surface area contributed by atoms with Gasteiger partial charge in [-0.05, 0) is 86.1 Å². The average Bonchev–Trinajstić information content (AvgIpc) is 2.74. The lowest BCUT2D eigenvalue weighted by Gasteiger charge is -2.58. The van der Waals surface area contributed by atoms with Crippen molar-refractivity contribution in [2.24, 2.45) is 17.8 Å². The Morgan fingerprint density at radius 1 is 1.06 bits per heavy atom. The van der Waals surface area contributed by atoms with Crippen molar-refractivity contribution in [2.75, 3.05) is 0 Å². The van der Waals surface area contributed by atoms with Crippen LogP contribution in [0.2, 0.25) is 0 Å². The first-order chi connectivity index (χ1) is 15.3. The van der Waals surface area contributed by atoms with Crippen LogP contribution in [-0.4, -0.2) is 28.4 Å². The molecule has 0 aromatic heterocycles. The van der Waals surface area contributed by atoms with Crippen LogP contribution in [0.5, 0.6) is 0 Å². The minimum Gasteiger partial charge on any atom is -0.390 e. The van der Waals surface area contributed by atoms with E-state index in [-0.39, 0.29) is 17.7 Å². The summed E-state index contributed by atoms with van der Waals surface area (Å²) in [6, 6.07) is 11.0. The summed E-state index contributed by atoms with van der Waals surface area (Å²) < 4.78 is 13.6. The number of carbonyl (C=O) groups excluding carboxylic acids is 2. The predicted molar refractivity (Wildman–Crippen MR) is 120 cm³/mol. The molecule has 0 saturated heterocycles. The molecular weight excluding hydrogens is 405 g/mol. The summed E-state index contributed by atoms with van der Waals surface area (Å²) in [5.74, 6) is 0.499. The molecule has 4 aliphatic carbocycles. The first-order valence-electron chi connectivity index (χ1n) is 11.8. The van der Waals surface area contributed by atoms with Crippen molar-refractivity contribution in [3.63, 3.8) is 0 Å². The molecule has 2 N–H and O–H groups in total. The number of rotatable bonds is 6. The number of benzene rings is 2. The number of hydrogen-bond donors (Lipinski definition) is 2. The van der Waals surface area contributed by atoms with Gasteiger partial charge in [0, 0.05) is 22.7 Å². The highest BCUT2D eigenvalue weighted by molar-refractivity contribution is 6.09. The van der Waals surface area contributed by atoms with E-state index >= 15 is 0 Å². The van der Waals surface area contributed by atoms with Crippen LogP contribution >= 0.6 is 0 Å². The van der Waals surface area contributed by atoms with Crippen molar-refractivity contribution in [2.45, 2.75) is 63.5 Å². The van der Waals surface area contributed by atoms with E-state index in [1.165, 1.54) is 18.2 Å². The van der Waals surface area contributed by atoms with Gasteiger partial charge in [0.05, 0.1) is 5.60 Å². The summed E-state index contributed by atoms with van der Waals surface area (Å²) in [4.78, 5) is 26.2. The largest absolute Gasteiger partial charge is 0.390 e. The standard InChI is InChI=1S/C27H30FNO3/c1-2-4-17-11-19(25(30)18-5-3-6-22(28)12-18)7-8-23(17)26(31)29-24-20-9-16-10-21(24)15-27(32,13-16)14-20/h3,5-8,11-12,16,20-21,24,32H,2,4,9-10,13-15H2,1H3,(H,29,31)/t16?,20?,21?,24-,27-. The molecule has 4 fully saturated rings. The maximum absolute atomic E-state index is 13.6. The average molecular weight is 436 g/mol. The first-order valence-corrected chi connectivity index (χ1v) is 11.8. The van der Waals surface area contributed by atoms with E-state index in [2.05, 4.69) is 5.32 Å². The zero-order valence-electron chi connectivity index (χ0n) is 18.4. The lowest BCUT2D eigenvalue weighted by Crippen LogP contribution is -2.61. The topological polar surface area (TPSA) is 66.4 Å². The Hall–Kier alpha value is -2.53. The van der Waals surface area contributed by atoms with E-state index in [9.17, 15) is 19.1 Å². The second-order valence-corrected chi connectivity index (χ2v) is 10.2. The Bertz CT molecular complexity index is 1050. The molecule has 32 heavy (non-hydrogen) atoms. The van der Waals surface area contributed by atoms with E-state index in [0.29, 0.717) is 40.9 Å². The van der Waals surface area contributed by atoms with Gasteiger partial charge in [0.15, 0.2) is 5.78 Å². The number of halogens is 1. The summed E-state index contributed by atoms with van der Waals surface area (Å²) in [6.07, 6.45) is 6.21. The van der Waals surface area contributed by atoms with Gasteiger partial charge in [-0.2, -0.15) is 0 Å². The maximum atomic E-state index is 13.6. The van der Waals surface area contributed by atoms with Crippen LogP contribution in [-0.2, 0) is 6.42 Å². The molecule has 2 atom stereocenters. The number of amides is 1. The molecule has 0 heterocycles. The third-order valence-corrected chi connectivity index (χ3v) is 7.76. The number of hydrogen-bond acceptors (Lipinski definition) is 3. The minimum atomic E-state index is -0.524. The lowest BCUT2D eigenvalue weighted by molar-refractivity contribution is -0.136. The van der Waals surface area contributed by atoms with E-state index in [1.54, 1.807) is 24.3 Å². The molecule has 2 aromatic carbocycles. The maximum Gasteiger partial charge on any atom is 0.251 e. The Balaban J connectivity index is 1.37. The van der Waals surface area contributed by atoms with Gasteiger partial charge < -0.3 is 10.4 Å². The van der Waals surface area contributed by atoms with Crippen LogP contribution in [0.1, 0.15) is 77.3 Å². The predicted octanol–water partition coefficient (Wildman–Crippen LogP) is 4.68. The monoisotopic (exact) mass is 435 g/mol. The van der Waals surface area contributed by atoms with E-state index < -0.39 is 11.4 Å².